The van der Waals surface area contributed by atoms with Crippen LogP contribution in [0.5, 0.6) is 5.75 Å². The van der Waals surface area contributed by atoms with Crippen molar-refractivity contribution >= 4 is 5.91 Å². The minimum Gasteiger partial charge on any atom is -0.492 e. The first-order valence-corrected chi connectivity index (χ1v) is 6.84. The molecule has 1 heterocycles. The van der Waals surface area contributed by atoms with Gasteiger partial charge >= 0.3 is 0 Å². The highest BCUT2D eigenvalue weighted by atomic mass is 16.5. The van der Waals surface area contributed by atoms with Gasteiger partial charge in [-0.15, -0.1) is 0 Å². The zero-order valence-corrected chi connectivity index (χ0v) is 11.7. The number of rotatable bonds is 5. The molecule has 19 heavy (non-hydrogen) atoms. The Morgan fingerprint density at radius 2 is 2.37 bits per heavy atom. The summed E-state index contributed by atoms with van der Waals surface area (Å²) in [7, 11) is 1.84. The third-order valence-electron chi connectivity index (χ3n) is 3.42. The highest BCUT2D eigenvalue weighted by molar-refractivity contribution is 5.81. The van der Waals surface area contributed by atoms with E-state index in [0.717, 1.165) is 25.1 Å². The Bertz CT molecular complexity index is 428. The highest BCUT2D eigenvalue weighted by Gasteiger charge is 2.24. The largest absolute Gasteiger partial charge is 0.492 e. The van der Waals surface area contributed by atoms with E-state index in [1.165, 1.54) is 5.56 Å². The average molecular weight is 262 g/mol. The third-order valence-corrected chi connectivity index (χ3v) is 3.42. The number of nitrogens with zero attached hydrogens (tertiary/aromatic N) is 1. The summed E-state index contributed by atoms with van der Waals surface area (Å²) in [6.07, 6.45) is 2.03. The van der Waals surface area contributed by atoms with E-state index in [1.54, 1.807) is 4.90 Å². The van der Waals surface area contributed by atoms with Crippen LogP contribution >= 0.6 is 0 Å². The van der Waals surface area contributed by atoms with Crippen LogP contribution in [0.1, 0.15) is 18.4 Å². The Labute approximate surface area is 114 Å². The van der Waals surface area contributed by atoms with Crippen molar-refractivity contribution < 1.29 is 9.53 Å². The lowest BCUT2D eigenvalue weighted by Crippen LogP contribution is -2.43. The van der Waals surface area contributed by atoms with Gasteiger partial charge in [0.15, 0.2) is 0 Å². The number of aryl methyl sites for hydroxylation is 1. The van der Waals surface area contributed by atoms with Gasteiger partial charge in [-0.1, -0.05) is 12.1 Å². The van der Waals surface area contributed by atoms with Crippen LogP contribution in [-0.2, 0) is 4.79 Å². The number of amides is 1. The van der Waals surface area contributed by atoms with Crippen LogP contribution in [-0.4, -0.2) is 43.6 Å². The molecule has 1 aliphatic heterocycles. The molecular weight excluding hydrogens is 240 g/mol. The van der Waals surface area contributed by atoms with E-state index in [-0.39, 0.29) is 11.9 Å². The molecule has 2 rings (SSSR count). The van der Waals surface area contributed by atoms with E-state index in [0.29, 0.717) is 13.2 Å². The molecular formula is C15H22N2O2. The molecule has 1 aliphatic rings. The summed E-state index contributed by atoms with van der Waals surface area (Å²) in [4.78, 5) is 13.8. The van der Waals surface area contributed by atoms with Crippen molar-refractivity contribution in [1.29, 1.82) is 0 Å². The van der Waals surface area contributed by atoms with E-state index >= 15 is 0 Å². The van der Waals surface area contributed by atoms with Gasteiger partial charge in [-0.25, -0.2) is 0 Å². The van der Waals surface area contributed by atoms with E-state index < -0.39 is 0 Å². The molecule has 0 unspecified atom stereocenters. The highest BCUT2D eigenvalue weighted by Crippen LogP contribution is 2.12. The van der Waals surface area contributed by atoms with Gasteiger partial charge in [-0.05, 0) is 44.0 Å². The van der Waals surface area contributed by atoms with Crippen LogP contribution in [0.15, 0.2) is 24.3 Å². The number of likely N-dealkylation sites (N-methyl/N-ethyl adjacent to an activating group) is 1. The molecule has 0 aromatic heterocycles. The molecule has 1 amide bonds. The molecule has 1 atom stereocenters. The molecule has 1 fully saturated rings. The molecule has 104 valence electrons. The summed E-state index contributed by atoms with van der Waals surface area (Å²) >= 11 is 0. The third kappa shape index (κ3) is 3.96. The fraction of sp³-hybridized carbons (Fsp3) is 0.533. The molecule has 0 spiro atoms. The second-order valence-corrected chi connectivity index (χ2v) is 5.07. The number of hydrogen-bond acceptors (Lipinski definition) is 3. The maximum absolute atomic E-state index is 12.0. The zero-order chi connectivity index (χ0) is 13.7. The number of ether oxygens (including phenoxy) is 1. The smallest absolute Gasteiger partial charge is 0.239 e. The van der Waals surface area contributed by atoms with Crippen LogP contribution < -0.4 is 10.1 Å². The van der Waals surface area contributed by atoms with Gasteiger partial charge in [0.25, 0.3) is 0 Å². The van der Waals surface area contributed by atoms with Crippen molar-refractivity contribution in [3.05, 3.63) is 29.8 Å². The molecule has 1 N–H and O–H groups in total. The van der Waals surface area contributed by atoms with Crippen LogP contribution in [0.4, 0.5) is 0 Å². The summed E-state index contributed by atoms with van der Waals surface area (Å²) in [5, 5.41) is 3.22. The summed E-state index contributed by atoms with van der Waals surface area (Å²) in [6, 6.07) is 7.95. The number of nitrogens with one attached hydrogen (secondary N) is 1. The summed E-state index contributed by atoms with van der Waals surface area (Å²) < 4.78 is 5.66. The van der Waals surface area contributed by atoms with Crippen molar-refractivity contribution in [1.82, 2.24) is 10.2 Å². The van der Waals surface area contributed by atoms with Crippen LogP contribution in [0.25, 0.3) is 0 Å². The van der Waals surface area contributed by atoms with E-state index in [9.17, 15) is 4.79 Å². The molecule has 4 nitrogen and oxygen atoms in total. The SMILES string of the molecule is Cc1cccc(OCCN(C)C(=O)[C@H]2CCCN2)c1. The zero-order valence-electron chi connectivity index (χ0n) is 11.7. The summed E-state index contributed by atoms with van der Waals surface area (Å²) in [5.41, 5.74) is 1.18. The van der Waals surface area contributed by atoms with Gasteiger partial charge < -0.3 is 15.0 Å². The minimum atomic E-state index is 0.00368. The van der Waals surface area contributed by atoms with Gasteiger partial charge in [0.1, 0.15) is 12.4 Å². The Kier molecular flexibility index (Phi) is 4.80. The number of benzene rings is 1. The maximum atomic E-state index is 12.0. The lowest BCUT2D eigenvalue weighted by atomic mass is 10.2. The topological polar surface area (TPSA) is 41.6 Å². The Balaban J connectivity index is 1.74. The fourth-order valence-electron chi connectivity index (χ4n) is 2.28. The van der Waals surface area contributed by atoms with Crippen molar-refractivity contribution in [2.24, 2.45) is 0 Å². The van der Waals surface area contributed by atoms with Gasteiger partial charge in [0, 0.05) is 7.05 Å². The maximum Gasteiger partial charge on any atom is 0.239 e. The normalized spacial score (nSPS) is 18.3. The molecule has 0 bridgehead atoms. The number of hydrogen-bond donors (Lipinski definition) is 1. The van der Waals surface area contributed by atoms with Gasteiger partial charge in [-0.2, -0.15) is 0 Å². The second-order valence-electron chi connectivity index (χ2n) is 5.07. The van der Waals surface area contributed by atoms with Crippen LogP contribution in [0.2, 0.25) is 0 Å². The summed E-state index contributed by atoms with van der Waals surface area (Å²) in [5.74, 6) is 1.03. The van der Waals surface area contributed by atoms with Crippen molar-refractivity contribution in [2.75, 3.05) is 26.7 Å². The standard InChI is InChI=1S/C15H22N2O2/c1-12-5-3-6-13(11-12)19-10-9-17(2)15(18)14-7-4-8-16-14/h3,5-6,11,14,16H,4,7-10H2,1-2H3/t14-/m1/s1. The van der Waals surface area contributed by atoms with Crippen LogP contribution in [0.3, 0.4) is 0 Å². The Morgan fingerprint density at radius 3 is 3.05 bits per heavy atom. The average Bonchev–Trinajstić information content (AvgIpc) is 2.91. The van der Waals surface area contributed by atoms with Gasteiger partial charge in [0.05, 0.1) is 12.6 Å². The monoisotopic (exact) mass is 262 g/mol. The lowest BCUT2D eigenvalue weighted by molar-refractivity contribution is -0.132. The molecule has 0 radical (unpaired) electrons. The van der Waals surface area contributed by atoms with Gasteiger partial charge in [-0.3, -0.25) is 4.79 Å². The molecule has 1 saturated heterocycles. The first kappa shape index (κ1) is 13.9. The molecule has 0 aliphatic carbocycles. The molecule has 1 aromatic rings. The first-order valence-electron chi connectivity index (χ1n) is 6.84. The van der Waals surface area contributed by atoms with E-state index in [2.05, 4.69) is 5.32 Å². The molecule has 1 aromatic carbocycles. The van der Waals surface area contributed by atoms with Gasteiger partial charge in [0.2, 0.25) is 5.91 Å². The minimum absolute atomic E-state index is 0.00368. The molecule has 0 saturated carbocycles. The quantitative estimate of drug-likeness (QED) is 0.876. The number of carbonyl (C=O) groups excluding carboxylic acids is 1. The lowest BCUT2D eigenvalue weighted by Gasteiger charge is -2.21. The van der Waals surface area contributed by atoms with Crippen molar-refractivity contribution in [3.8, 4) is 5.75 Å². The summed E-state index contributed by atoms with van der Waals surface area (Å²) in [6.45, 7) is 4.13. The predicted octanol–water partition coefficient (Wildman–Crippen LogP) is 1.58. The Hall–Kier alpha value is -1.55. The number of carbonyl (C=O) groups is 1. The fourth-order valence-corrected chi connectivity index (χ4v) is 2.28. The van der Waals surface area contributed by atoms with E-state index in [1.807, 2.05) is 38.2 Å². The van der Waals surface area contributed by atoms with E-state index in [4.69, 9.17) is 4.74 Å². The predicted molar refractivity (Wildman–Crippen MR) is 75.3 cm³/mol. The van der Waals surface area contributed by atoms with Crippen molar-refractivity contribution in [3.63, 3.8) is 0 Å². The second kappa shape index (κ2) is 6.57. The molecule has 4 heteroatoms. The van der Waals surface area contributed by atoms with Crippen LogP contribution in [0, 0.1) is 6.92 Å². The van der Waals surface area contributed by atoms with Crippen molar-refractivity contribution in [2.45, 2.75) is 25.8 Å². The Morgan fingerprint density at radius 1 is 1.53 bits per heavy atom. The first-order chi connectivity index (χ1) is 9.16.